The Bertz CT molecular complexity index is 4330. The van der Waals surface area contributed by atoms with Crippen molar-refractivity contribution in [2.75, 3.05) is 72.7 Å². The molecule has 6 saturated heterocycles. The molecule has 6 fully saturated rings. The monoisotopic (exact) mass is 1940 g/mol. The molecule has 0 bridgehead atoms. The van der Waals surface area contributed by atoms with Crippen LogP contribution in [0.2, 0.25) is 0 Å². The summed E-state index contributed by atoms with van der Waals surface area (Å²) in [4.78, 5) is 248. The van der Waals surface area contributed by atoms with Gasteiger partial charge in [0.05, 0.1) is 70.5 Å². The third kappa shape index (κ3) is 30.6. The molecule has 7 heterocycles. The number of aliphatic hydroxyl groups is 10. The molecule has 0 aliphatic carbocycles. The molecule has 56 nitrogen and oxygen atoms in total. The van der Waals surface area contributed by atoms with E-state index < -0.39 is 322 Å². The third-order valence-corrected chi connectivity index (χ3v) is 23.4. The van der Waals surface area contributed by atoms with Crippen molar-refractivity contribution in [2.24, 2.45) is 28.1 Å². The van der Waals surface area contributed by atoms with E-state index in [2.05, 4.69) is 84.1 Å². The molecular formula is C80H130N22O34. The van der Waals surface area contributed by atoms with Gasteiger partial charge in [-0.2, -0.15) is 0 Å². The van der Waals surface area contributed by atoms with Crippen LogP contribution in [0.15, 0.2) is 17.5 Å². The number of ether oxygens (including phenoxy) is 6. The number of nitrogens with zero attached hydrogens (tertiary/aromatic N) is 5. The Morgan fingerprint density at radius 1 is 0.551 bits per heavy atom. The molecule has 136 heavy (non-hydrogen) atoms. The standard InChI is InChI=1S/C80H130N22O34/c1-32(2)53(97-51(110)26-87-65(119)40(81)22-39-24-85-31-89-39)71(125)99-55(36(6)132-78-57(93-38(8)108)64(136-79-63(118)62(117)59(114)48(29-105)134-79)60(115)49(135-78)30-131-77-56(92-37(7)107)61(116)58(113)47(28-104)133-77)73(127)96-43(27-103)67(121)90-33(3)74(128)101-20-12-17-46(101)70(124)95-42(23-52(111)112)66(120)98-54(35(5)106)72(126)94-41(14-10-18-86-80(82)83)76(130)102-21-13-16-45(102)69(123)91-34(4)75(129)100-19-11-15-44(100)68(122)88-25-50(109)84-9/h24,31-36,40-49,53-64,77-79,103-106,113-118H,10-23,25-30,81H2,1-9H3,(H,84,109)(H,85,89)(H,87,119)(H,88,122)(H,90,121)(H,91,123)(H,92,107)(H,93,108)(H,94,126)(H,95,124)(H,96,127)(H,97,110)(H,98,120)(H,99,125)(H,111,112)(H4,82,83,86)/t33?,34?,35?,36?,40?,41?,42?,43?,44?,45?,46?,47-,48-,49-,53?,54?,55?,56?,57?,58+,59-,60-,61?,62?,63?,64?,77+,78-,79-/m0/s1. The number of carboxylic acids is 1. The first-order valence-electron chi connectivity index (χ1n) is 44.3. The molecule has 0 saturated carbocycles. The number of amides is 16. The van der Waals surface area contributed by atoms with Crippen LogP contribution in [0.1, 0.15) is 119 Å². The van der Waals surface area contributed by atoms with Gasteiger partial charge in [-0.25, -0.2) is 4.98 Å². The van der Waals surface area contributed by atoms with Crippen LogP contribution < -0.4 is 86.3 Å². The van der Waals surface area contributed by atoms with Gasteiger partial charge in [0.1, 0.15) is 140 Å². The number of carbonyl (C=O) groups is 17. The highest BCUT2D eigenvalue weighted by Crippen LogP contribution is 2.33. The van der Waals surface area contributed by atoms with Gasteiger partial charge < -0.3 is 191 Å². The number of likely N-dealkylation sites (tertiary alicyclic amines) is 3. The Hall–Kier alpha value is -11.2. The fourth-order valence-corrected chi connectivity index (χ4v) is 16.1. The predicted octanol–water partition coefficient (Wildman–Crippen LogP) is -16.2. The van der Waals surface area contributed by atoms with Crippen molar-refractivity contribution in [3.8, 4) is 0 Å². The number of aliphatic hydroxyl groups excluding tert-OH is 10. The topological polar surface area (TPSA) is 853 Å². The summed E-state index contributed by atoms with van der Waals surface area (Å²) in [5.41, 5.74) is 17.6. The number of rotatable bonds is 47. The number of imidazole rings is 1. The number of guanidine groups is 1. The zero-order chi connectivity index (χ0) is 101. The second-order valence-electron chi connectivity index (χ2n) is 34.1. The number of carboxylic acid groups (broad SMARTS) is 1. The second-order valence-corrected chi connectivity index (χ2v) is 34.1. The van der Waals surface area contributed by atoms with E-state index in [0.29, 0.717) is 12.1 Å². The van der Waals surface area contributed by atoms with Gasteiger partial charge in [-0.1, -0.05) is 13.8 Å². The normalized spacial score (nSPS) is 27.3. The number of hydrogen-bond donors (Lipinski definition) is 28. The maximum absolute atomic E-state index is 15.2. The number of likely N-dealkylation sites (N-methyl/N-ethyl adjacent to an activating group) is 1. The van der Waals surface area contributed by atoms with Gasteiger partial charge in [0.25, 0.3) is 0 Å². The molecule has 764 valence electrons. The van der Waals surface area contributed by atoms with E-state index in [1.54, 1.807) is 0 Å². The van der Waals surface area contributed by atoms with E-state index in [9.17, 15) is 133 Å². The first-order valence-corrected chi connectivity index (χ1v) is 44.3. The number of aliphatic carboxylic acids is 1. The Morgan fingerprint density at radius 2 is 1.07 bits per heavy atom. The summed E-state index contributed by atoms with van der Waals surface area (Å²) in [7, 11) is 1.38. The lowest BCUT2D eigenvalue weighted by Gasteiger charge is -2.48. The lowest BCUT2D eigenvalue weighted by molar-refractivity contribution is -0.352. The number of aliphatic imine (C=N–C) groups is 1. The van der Waals surface area contributed by atoms with E-state index >= 15 is 4.79 Å². The van der Waals surface area contributed by atoms with E-state index in [4.69, 9.17) is 45.6 Å². The van der Waals surface area contributed by atoms with Crippen molar-refractivity contribution in [3.05, 3.63) is 18.2 Å². The summed E-state index contributed by atoms with van der Waals surface area (Å²) in [6.45, 7) is 3.89. The van der Waals surface area contributed by atoms with Gasteiger partial charge in [0, 0.05) is 65.4 Å². The molecule has 16 amide bonds. The third-order valence-electron chi connectivity index (χ3n) is 23.4. The number of aromatic nitrogens is 2. The minimum atomic E-state index is -2.23. The number of nitrogens with one attached hydrogen (secondary N) is 14. The number of hydrogen-bond acceptors (Lipinski definition) is 36. The Labute approximate surface area is 778 Å². The average molecular weight is 1940 g/mol. The zero-order valence-corrected chi connectivity index (χ0v) is 76.4. The fourth-order valence-electron chi connectivity index (χ4n) is 16.1. The Kier molecular flexibility index (Phi) is 43.0. The van der Waals surface area contributed by atoms with Crippen LogP contribution in [0.3, 0.4) is 0 Å². The summed E-state index contributed by atoms with van der Waals surface area (Å²) in [6.07, 6.45) is -27.2. The molecule has 6 aliphatic rings. The highest BCUT2D eigenvalue weighted by atomic mass is 16.7. The maximum atomic E-state index is 15.2. The Balaban J connectivity index is 1.10. The van der Waals surface area contributed by atoms with E-state index in [1.807, 2.05) is 0 Å². The number of H-pyrrole nitrogens is 1. The van der Waals surface area contributed by atoms with Crippen molar-refractivity contribution >= 4 is 106 Å². The molecule has 7 rings (SSSR count). The lowest BCUT2D eigenvalue weighted by atomic mass is 9.94. The van der Waals surface area contributed by atoms with Crippen molar-refractivity contribution in [3.63, 3.8) is 0 Å². The van der Waals surface area contributed by atoms with E-state index in [1.165, 1.54) is 45.2 Å². The lowest BCUT2D eigenvalue weighted by Crippen LogP contribution is -2.69. The van der Waals surface area contributed by atoms with Gasteiger partial charge in [-0.15, -0.1) is 0 Å². The minimum absolute atomic E-state index is 0.00107. The van der Waals surface area contributed by atoms with Crippen molar-refractivity contribution in [1.29, 1.82) is 0 Å². The second kappa shape index (κ2) is 52.4. The average Bonchev–Trinajstić information content (AvgIpc) is 1.07. The molecular weight excluding hydrogens is 1810 g/mol. The smallest absolute Gasteiger partial charge is 0.305 e. The Morgan fingerprint density at radius 3 is 1.61 bits per heavy atom. The predicted molar refractivity (Wildman–Crippen MR) is 460 cm³/mol. The van der Waals surface area contributed by atoms with Crippen LogP contribution in [0.25, 0.3) is 0 Å². The highest BCUT2D eigenvalue weighted by Gasteiger charge is 2.55. The molecule has 6 aliphatic heterocycles. The molecule has 1 aromatic rings. The van der Waals surface area contributed by atoms with Gasteiger partial charge in [-0.05, 0) is 85.0 Å². The number of aromatic amines is 1. The van der Waals surface area contributed by atoms with Crippen molar-refractivity contribution in [1.82, 2.24) is 93.8 Å². The van der Waals surface area contributed by atoms with Crippen LogP contribution >= 0.6 is 0 Å². The minimum Gasteiger partial charge on any atom is -0.481 e. The van der Waals surface area contributed by atoms with Crippen LogP contribution in [0.4, 0.5) is 0 Å². The summed E-state index contributed by atoms with van der Waals surface area (Å²) < 4.78 is 36.0. The van der Waals surface area contributed by atoms with Crippen molar-refractivity contribution < 1.29 is 166 Å². The van der Waals surface area contributed by atoms with Crippen molar-refractivity contribution in [2.45, 2.75) is 296 Å². The highest BCUT2D eigenvalue weighted by molar-refractivity contribution is 6.01. The number of nitrogens with two attached hydrogens (primary N) is 3. The molecule has 1 aromatic heterocycles. The van der Waals surface area contributed by atoms with Crippen LogP contribution in [-0.4, -0.2) is 437 Å². The first-order chi connectivity index (χ1) is 64.2. The van der Waals surface area contributed by atoms with Crippen LogP contribution in [0, 0.1) is 5.92 Å². The molecule has 20 unspecified atom stereocenters. The summed E-state index contributed by atoms with van der Waals surface area (Å²) >= 11 is 0. The molecule has 0 aromatic carbocycles. The number of carbonyl (C=O) groups excluding carboxylic acids is 16. The summed E-state index contributed by atoms with van der Waals surface area (Å²) in [6, 6.07) is -23.2. The van der Waals surface area contributed by atoms with Gasteiger partial charge >= 0.3 is 5.97 Å². The maximum Gasteiger partial charge on any atom is 0.305 e. The molecule has 56 heteroatoms. The van der Waals surface area contributed by atoms with E-state index in [0.717, 1.165) is 44.4 Å². The summed E-state index contributed by atoms with van der Waals surface area (Å²) in [5, 5.41) is 150. The largest absolute Gasteiger partial charge is 0.481 e. The quantitative estimate of drug-likeness (QED) is 0.0164. The van der Waals surface area contributed by atoms with Crippen LogP contribution in [-0.2, 0) is 116 Å². The summed E-state index contributed by atoms with van der Waals surface area (Å²) in [5.74, 6) is -18.7. The SMILES string of the molecule is CNC(=O)CNC(=O)C1CCCN1C(=O)C(C)NC(=O)C1CCCN1C(=O)C(CCCN=C(N)N)NC(=O)C(NC(=O)C(CC(=O)O)NC(=O)C1CCCN1C(=O)C(C)NC(=O)C(CO)NC(=O)C(NC(=O)C(NC(=O)CNC(=O)C(N)Cc1cnc[nH]1)C(C)C)C(C)O[C@H]1O[C@@H](CO[C@@H]2O[C@@H](CO)[C@@H](O)C(O)C2NC(C)=O)[C@H](O)C(O[C@@H]2O[C@@H](CO)[C@H](O)C(O)C2O)C1NC(C)=O)C(C)O. The van der Waals surface area contributed by atoms with E-state index in [-0.39, 0.29) is 90.0 Å². The molecule has 0 radical (unpaired) electrons. The van der Waals surface area contributed by atoms with Gasteiger partial charge in [0.2, 0.25) is 94.5 Å². The van der Waals surface area contributed by atoms with Gasteiger partial charge in [-0.3, -0.25) is 86.5 Å². The molecule has 31 N–H and O–H groups in total. The van der Waals surface area contributed by atoms with Crippen LogP contribution in [0.5, 0.6) is 0 Å². The first kappa shape index (κ1) is 112. The molecule has 0 spiro atoms. The fraction of sp³-hybridized carbons (Fsp3) is 0.738. The molecule has 29 atom stereocenters. The van der Waals surface area contributed by atoms with Gasteiger partial charge in [0.15, 0.2) is 24.8 Å². The zero-order valence-electron chi connectivity index (χ0n) is 76.4.